The van der Waals surface area contributed by atoms with Crippen LogP contribution in [0.4, 0.5) is 0 Å². The maximum absolute atomic E-state index is 5.74. The van der Waals surface area contributed by atoms with E-state index in [4.69, 9.17) is 16.3 Å². The molecule has 3 nitrogen and oxygen atoms in total. The highest BCUT2D eigenvalue weighted by Crippen LogP contribution is 2.25. The van der Waals surface area contributed by atoms with Crippen LogP contribution < -0.4 is 4.74 Å². The number of aromatic nitrogens is 2. The van der Waals surface area contributed by atoms with E-state index >= 15 is 0 Å². The van der Waals surface area contributed by atoms with E-state index in [1.165, 1.54) is 0 Å². The summed E-state index contributed by atoms with van der Waals surface area (Å²) in [7, 11) is 1.65. The molecule has 2 rings (SSSR count). The van der Waals surface area contributed by atoms with Gasteiger partial charge in [0.25, 0.3) is 0 Å². The van der Waals surface area contributed by atoms with Crippen molar-refractivity contribution in [2.24, 2.45) is 0 Å². The average Bonchev–Trinajstić information content (AvgIpc) is 2.71. The van der Waals surface area contributed by atoms with Crippen LogP contribution in [-0.2, 0) is 5.88 Å². The van der Waals surface area contributed by atoms with Crippen molar-refractivity contribution in [1.82, 2.24) is 9.97 Å². The second-order valence-electron chi connectivity index (χ2n) is 3.52. The van der Waals surface area contributed by atoms with Crippen LogP contribution in [0.1, 0.15) is 11.5 Å². The molecular weight excluding hydrogens is 224 g/mol. The number of halogens is 1. The van der Waals surface area contributed by atoms with Gasteiger partial charge in [-0.1, -0.05) is 12.1 Å². The Balaban J connectivity index is 2.45. The molecule has 1 N–H and O–H groups in total. The van der Waals surface area contributed by atoms with Gasteiger partial charge in [-0.25, -0.2) is 4.98 Å². The summed E-state index contributed by atoms with van der Waals surface area (Å²) >= 11 is 5.74. The number of ether oxygens (including phenoxy) is 1. The van der Waals surface area contributed by atoms with E-state index in [9.17, 15) is 0 Å². The molecule has 0 spiro atoms. The number of hydrogen-bond donors (Lipinski definition) is 1. The fraction of sp³-hybridized carbons (Fsp3) is 0.250. The van der Waals surface area contributed by atoms with Gasteiger partial charge in [-0.05, 0) is 19.1 Å². The highest BCUT2D eigenvalue weighted by Gasteiger charge is 2.08. The number of hydrogen-bond acceptors (Lipinski definition) is 2. The third kappa shape index (κ3) is 2.04. The summed E-state index contributed by atoms with van der Waals surface area (Å²) < 4.78 is 5.19. The monoisotopic (exact) mass is 236 g/mol. The summed E-state index contributed by atoms with van der Waals surface area (Å²) in [6, 6.07) is 7.82. The summed E-state index contributed by atoms with van der Waals surface area (Å²) in [5.74, 6) is 2.01. The number of alkyl halides is 1. The SMILES string of the molecule is COc1cccc(-c2nc(CCl)[nH]c2C)c1. The van der Waals surface area contributed by atoms with Gasteiger partial charge in [0.1, 0.15) is 11.6 Å². The van der Waals surface area contributed by atoms with Crippen molar-refractivity contribution >= 4 is 11.6 Å². The molecule has 0 fully saturated rings. The molecule has 0 aliphatic carbocycles. The van der Waals surface area contributed by atoms with Crippen molar-refractivity contribution < 1.29 is 4.74 Å². The number of H-pyrrole nitrogens is 1. The lowest BCUT2D eigenvalue weighted by Gasteiger charge is -2.02. The average molecular weight is 237 g/mol. The molecule has 0 saturated carbocycles. The van der Waals surface area contributed by atoms with E-state index in [2.05, 4.69) is 9.97 Å². The number of imidazole rings is 1. The van der Waals surface area contributed by atoms with Crippen LogP contribution in [0.5, 0.6) is 5.75 Å². The molecule has 2 aromatic rings. The first kappa shape index (κ1) is 11.0. The molecule has 0 aliphatic rings. The normalized spacial score (nSPS) is 10.4. The summed E-state index contributed by atoms with van der Waals surface area (Å²) in [5.41, 5.74) is 2.97. The van der Waals surface area contributed by atoms with E-state index in [0.29, 0.717) is 5.88 Å². The molecule has 1 heterocycles. The first-order valence-corrected chi connectivity index (χ1v) is 5.54. The Morgan fingerprint density at radius 2 is 2.25 bits per heavy atom. The second kappa shape index (κ2) is 4.58. The predicted molar refractivity (Wildman–Crippen MR) is 64.9 cm³/mol. The highest BCUT2D eigenvalue weighted by atomic mass is 35.5. The Labute approximate surface area is 99.4 Å². The van der Waals surface area contributed by atoms with Gasteiger partial charge in [0.05, 0.1) is 18.7 Å². The molecule has 16 heavy (non-hydrogen) atoms. The fourth-order valence-corrected chi connectivity index (χ4v) is 1.76. The minimum Gasteiger partial charge on any atom is -0.497 e. The third-order valence-electron chi connectivity index (χ3n) is 2.40. The molecule has 0 aliphatic heterocycles. The number of rotatable bonds is 3. The predicted octanol–water partition coefficient (Wildman–Crippen LogP) is 3.13. The van der Waals surface area contributed by atoms with Crippen LogP contribution in [-0.4, -0.2) is 17.1 Å². The summed E-state index contributed by atoms with van der Waals surface area (Å²) in [4.78, 5) is 7.58. The van der Waals surface area contributed by atoms with Crippen molar-refractivity contribution in [3.05, 3.63) is 35.8 Å². The molecule has 1 aromatic heterocycles. The van der Waals surface area contributed by atoms with E-state index in [-0.39, 0.29) is 0 Å². The number of methoxy groups -OCH3 is 1. The Morgan fingerprint density at radius 1 is 1.44 bits per heavy atom. The minimum atomic E-state index is 0.394. The van der Waals surface area contributed by atoms with Crippen molar-refractivity contribution in [2.45, 2.75) is 12.8 Å². The molecule has 0 unspecified atom stereocenters. The lowest BCUT2D eigenvalue weighted by Crippen LogP contribution is -1.85. The quantitative estimate of drug-likeness (QED) is 0.832. The molecule has 1 aromatic carbocycles. The number of nitrogens with zero attached hydrogens (tertiary/aromatic N) is 1. The topological polar surface area (TPSA) is 37.9 Å². The Bertz CT molecular complexity index is 494. The van der Waals surface area contributed by atoms with Gasteiger partial charge in [0.15, 0.2) is 0 Å². The zero-order valence-corrected chi connectivity index (χ0v) is 10.0. The van der Waals surface area contributed by atoms with Gasteiger partial charge in [0, 0.05) is 11.3 Å². The van der Waals surface area contributed by atoms with Crippen LogP contribution in [0.3, 0.4) is 0 Å². The maximum Gasteiger partial charge on any atom is 0.121 e. The lowest BCUT2D eigenvalue weighted by atomic mass is 10.1. The fourth-order valence-electron chi connectivity index (χ4n) is 1.64. The van der Waals surface area contributed by atoms with Crippen LogP contribution in [0, 0.1) is 6.92 Å². The number of aryl methyl sites for hydroxylation is 1. The lowest BCUT2D eigenvalue weighted by molar-refractivity contribution is 0.415. The minimum absolute atomic E-state index is 0.394. The Kier molecular flexibility index (Phi) is 3.15. The molecular formula is C12H13ClN2O. The first-order chi connectivity index (χ1) is 7.74. The van der Waals surface area contributed by atoms with Gasteiger partial charge >= 0.3 is 0 Å². The highest BCUT2D eigenvalue weighted by molar-refractivity contribution is 6.16. The van der Waals surface area contributed by atoms with Gasteiger partial charge in [-0.15, -0.1) is 11.6 Å². The standard InChI is InChI=1S/C12H13ClN2O/c1-8-12(15-11(7-13)14-8)9-4-3-5-10(6-9)16-2/h3-6H,7H2,1-2H3,(H,14,15). The van der Waals surface area contributed by atoms with E-state index in [0.717, 1.165) is 28.5 Å². The van der Waals surface area contributed by atoms with Gasteiger partial charge in [0.2, 0.25) is 0 Å². The number of nitrogens with one attached hydrogen (secondary N) is 1. The Morgan fingerprint density at radius 3 is 2.88 bits per heavy atom. The third-order valence-corrected chi connectivity index (χ3v) is 2.66. The summed E-state index contributed by atoms with van der Waals surface area (Å²) in [5, 5.41) is 0. The molecule has 0 amide bonds. The van der Waals surface area contributed by atoms with Gasteiger partial charge < -0.3 is 9.72 Å². The smallest absolute Gasteiger partial charge is 0.121 e. The Hall–Kier alpha value is -1.48. The zero-order chi connectivity index (χ0) is 11.5. The summed E-state index contributed by atoms with van der Waals surface area (Å²) in [6.45, 7) is 1.98. The van der Waals surface area contributed by atoms with Crippen LogP contribution in [0.2, 0.25) is 0 Å². The summed E-state index contributed by atoms with van der Waals surface area (Å²) in [6.07, 6.45) is 0. The van der Waals surface area contributed by atoms with Crippen LogP contribution in [0.15, 0.2) is 24.3 Å². The van der Waals surface area contributed by atoms with Crippen LogP contribution >= 0.6 is 11.6 Å². The van der Waals surface area contributed by atoms with Gasteiger partial charge in [-0.3, -0.25) is 0 Å². The van der Waals surface area contributed by atoms with Crippen LogP contribution in [0.25, 0.3) is 11.3 Å². The van der Waals surface area contributed by atoms with Gasteiger partial charge in [-0.2, -0.15) is 0 Å². The molecule has 0 bridgehead atoms. The maximum atomic E-state index is 5.74. The molecule has 0 atom stereocenters. The molecule has 4 heteroatoms. The molecule has 84 valence electrons. The van der Waals surface area contributed by atoms with E-state index < -0.39 is 0 Å². The van der Waals surface area contributed by atoms with E-state index in [1.807, 2.05) is 31.2 Å². The van der Waals surface area contributed by atoms with Crippen molar-refractivity contribution in [1.29, 1.82) is 0 Å². The second-order valence-corrected chi connectivity index (χ2v) is 3.79. The van der Waals surface area contributed by atoms with Crippen molar-refractivity contribution in [3.63, 3.8) is 0 Å². The van der Waals surface area contributed by atoms with Crippen molar-refractivity contribution in [3.8, 4) is 17.0 Å². The molecule has 0 saturated heterocycles. The van der Waals surface area contributed by atoms with Crippen molar-refractivity contribution in [2.75, 3.05) is 7.11 Å². The zero-order valence-electron chi connectivity index (χ0n) is 9.25. The number of aromatic amines is 1. The first-order valence-electron chi connectivity index (χ1n) is 5.00. The number of benzene rings is 1. The molecule has 0 radical (unpaired) electrons. The van der Waals surface area contributed by atoms with E-state index in [1.54, 1.807) is 7.11 Å². The largest absolute Gasteiger partial charge is 0.497 e.